The van der Waals surface area contributed by atoms with Gasteiger partial charge < -0.3 is 9.80 Å². The van der Waals surface area contributed by atoms with Crippen molar-refractivity contribution in [1.82, 2.24) is 24.6 Å². The third-order valence-corrected chi connectivity index (χ3v) is 8.39. The SMILES string of the molecule is Cc1nn(-c2ccc(F)cc2)c2nc(CC3CCCCC3)nc(N3CCCN(C(=O)c4cccc(Cl)c4)CC3)c12. The maximum Gasteiger partial charge on any atom is 0.253 e. The summed E-state index contributed by atoms with van der Waals surface area (Å²) in [6.07, 6.45) is 7.89. The minimum atomic E-state index is -0.285. The van der Waals surface area contributed by atoms with Gasteiger partial charge in [-0.25, -0.2) is 19.0 Å². The molecule has 1 aliphatic heterocycles. The molecule has 2 fully saturated rings. The summed E-state index contributed by atoms with van der Waals surface area (Å²) in [6.45, 7) is 4.65. The van der Waals surface area contributed by atoms with E-state index in [9.17, 15) is 9.18 Å². The first-order valence-corrected chi connectivity index (χ1v) is 14.7. The van der Waals surface area contributed by atoms with Gasteiger partial charge >= 0.3 is 0 Å². The predicted octanol–water partition coefficient (Wildman–Crippen LogP) is 6.39. The van der Waals surface area contributed by atoms with Gasteiger partial charge in [-0.15, -0.1) is 0 Å². The van der Waals surface area contributed by atoms with Gasteiger partial charge in [-0.3, -0.25) is 4.79 Å². The van der Waals surface area contributed by atoms with Crippen LogP contribution in [0.3, 0.4) is 0 Å². The average Bonchev–Trinajstić information content (AvgIpc) is 3.12. The molecule has 40 heavy (non-hydrogen) atoms. The Morgan fingerprint density at radius 3 is 2.55 bits per heavy atom. The smallest absolute Gasteiger partial charge is 0.253 e. The van der Waals surface area contributed by atoms with Crippen molar-refractivity contribution < 1.29 is 9.18 Å². The number of halogens is 2. The van der Waals surface area contributed by atoms with Crippen LogP contribution in [0, 0.1) is 18.7 Å². The zero-order valence-corrected chi connectivity index (χ0v) is 23.6. The molecule has 0 atom stereocenters. The molecule has 9 heteroatoms. The Morgan fingerprint density at radius 2 is 1.77 bits per heavy atom. The highest BCUT2D eigenvalue weighted by Crippen LogP contribution is 2.32. The average molecular weight is 561 g/mol. The van der Waals surface area contributed by atoms with E-state index in [1.54, 1.807) is 24.3 Å². The lowest BCUT2D eigenvalue weighted by atomic mass is 9.87. The van der Waals surface area contributed by atoms with E-state index in [-0.39, 0.29) is 11.7 Å². The molecular formula is C31H34ClFN6O. The Hall–Kier alpha value is -3.52. The Balaban J connectivity index is 1.35. The lowest BCUT2D eigenvalue weighted by Crippen LogP contribution is -2.35. The molecule has 6 rings (SSSR count). The number of hydrogen-bond donors (Lipinski definition) is 0. The van der Waals surface area contributed by atoms with Gasteiger partial charge in [0, 0.05) is 43.2 Å². The molecule has 2 aromatic heterocycles. The summed E-state index contributed by atoms with van der Waals surface area (Å²) in [5, 5.41) is 6.30. The molecule has 208 valence electrons. The summed E-state index contributed by atoms with van der Waals surface area (Å²) < 4.78 is 15.5. The monoisotopic (exact) mass is 560 g/mol. The maximum absolute atomic E-state index is 13.7. The van der Waals surface area contributed by atoms with Crippen molar-refractivity contribution in [3.63, 3.8) is 0 Å². The predicted molar refractivity (Wildman–Crippen MR) is 156 cm³/mol. The molecule has 0 bridgehead atoms. The molecule has 0 N–H and O–H groups in total. The van der Waals surface area contributed by atoms with Crippen LogP contribution in [0.2, 0.25) is 5.02 Å². The number of fused-ring (bicyclic) bond motifs is 1. The van der Waals surface area contributed by atoms with E-state index in [0.29, 0.717) is 36.1 Å². The van der Waals surface area contributed by atoms with Gasteiger partial charge in [0.05, 0.1) is 16.8 Å². The van der Waals surface area contributed by atoms with Gasteiger partial charge in [-0.05, 0) is 61.7 Å². The normalized spacial score (nSPS) is 16.9. The van der Waals surface area contributed by atoms with E-state index in [1.165, 1.54) is 44.2 Å². The molecule has 0 spiro atoms. The molecule has 2 aliphatic rings. The molecule has 1 amide bonds. The standard InChI is InChI=1S/C31H34ClFN6O/c1-21-28-29(37-15-6-16-38(18-17-37)31(40)23-9-5-10-24(32)20-23)34-27(19-22-7-3-2-4-8-22)35-30(28)39(36-21)26-13-11-25(33)12-14-26/h5,9-14,20,22H,2-4,6-8,15-19H2,1H3. The van der Waals surface area contributed by atoms with Crippen LogP contribution in [0.15, 0.2) is 48.5 Å². The van der Waals surface area contributed by atoms with Crippen molar-refractivity contribution in [3.8, 4) is 5.69 Å². The van der Waals surface area contributed by atoms with Gasteiger partial charge in [0.1, 0.15) is 17.5 Å². The number of benzene rings is 2. The number of hydrogen-bond acceptors (Lipinski definition) is 5. The van der Waals surface area contributed by atoms with Crippen molar-refractivity contribution in [2.24, 2.45) is 5.92 Å². The van der Waals surface area contributed by atoms with E-state index >= 15 is 0 Å². The quantitative estimate of drug-likeness (QED) is 0.283. The lowest BCUT2D eigenvalue weighted by Gasteiger charge is -2.25. The molecular weight excluding hydrogens is 527 g/mol. The molecule has 2 aromatic carbocycles. The molecule has 1 saturated carbocycles. The third-order valence-electron chi connectivity index (χ3n) is 8.15. The van der Waals surface area contributed by atoms with Crippen LogP contribution in [0.4, 0.5) is 10.2 Å². The number of anilines is 1. The van der Waals surface area contributed by atoms with Crippen LogP contribution >= 0.6 is 11.6 Å². The molecule has 1 saturated heterocycles. The highest BCUT2D eigenvalue weighted by Gasteiger charge is 2.26. The van der Waals surface area contributed by atoms with Crippen molar-refractivity contribution in [2.45, 2.75) is 51.9 Å². The van der Waals surface area contributed by atoms with Crippen LogP contribution < -0.4 is 4.90 Å². The minimum Gasteiger partial charge on any atom is -0.354 e. The van der Waals surface area contributed by atoms with Crippen LogP contribution in [0.5, 0.6) is 0 Å². The van der Waals surface area contributed by atoms with Crippen molar-refractivity contribution in [2.75, 3.05) is 31.1 Å². The number of carbonyl (C=O) groups is 1. The van der Waals surface area contributed by atoms with E-state index in [1.807, 2.05) is 28.6 Å². The van der Waals surface area contributed by atoms with E-state index in [2.05, 4.69) is 4.90 Å². The van der Waals surface area contributed by atoms with Crippen molar-refractivity contribution in [3.05, 3.63) is 76.5 Å². The van der Waals surface area contributed by atoms with Gasteiger partial charge in [0.2, 0.25) is 0 Å². The Kier molecular flexibility index (Phi) is 7.69. The first-order chi connectivity index (χ1) is 19.5. The van der Waals surface area contributed by atoms with Gasteiger partial charge in [-0.2, -0.15) is 5.10 Å². The van der Waals surface area contributed by atoms with Crippen molar-refractivity contribution in [1.29, 1.82) is 0 Å². The highest BCUT2D eigenvalue weighted by molar-refractivity contribution is 6.30. The molecule has 4 aromatic rings. The summed E-state index contributed by atoms with van der Waals surface area (Å²) in [4.78, 5) is 27.7. The Labute approximate surface area is 239 Å². The summed E-state index contributed by atoms with van der Waals surface area (Å²) in [5.41, 5.74) is 2.95. The number of rotatable bonds is 5. The largest absolute Gasteiger partial charge is 0.354 e. The number of nitrogens with zero attached hydrogens (tertiary/aromatic N) is 6. The fourth-order valence-electron chi connectivity index (χ4n) is 6.07. The van der Waals surface area contributed by atoms with Gasteiger partial charge in [-0.1, -0.05) is 49.8 Å². The lowest BCUT2D eigenvalue weighted by molar-refractivity contribution is 0.0767. The van der Waals surface area contributed by atoms with Gasteiger partial charge in [0.15, 0.2) is 5.65 Å². The third kappa shape index (κ3) is 5.55. The van der Waals surface area contributed by atoms with Crippen LogP contribution in [-0.4, -0.2) is 56.7 Å². The second-order valence-corrected chi connectivity index (χ2v) is 11.4. The number of aryl methyl sites for hydroxylation is 1. The van der Waals surface area contributed by atoms with E-state index in [4.69, 9.17) is 26.7 Å². The minimum absolute atomic E-state index is 0.00418. The van der Waals surface area contributed by atoms with Crippen LogP contribution in [-0.2, 0) is 6.42 Å². The highest BCUT2D eigenvalue weighted by atomic mass is 35.5. The van der Waals surface area contributed by atoms with E-state index < -0.39 is 0 Å². The molecule has 3 heterocycles. The first-order valence-electron chi connectivity index (χ1n) is 14.3. The summed E-state index contributed by atoms with van der Waals surface area (Å²) in [5.74, 6) is 1.99. The number of aromatic nitrogens is 4. The Morgan fingerprint density at radius 1 is 0.975 bits per heavy atom. The topological polar surface area (TPSA) is 67.2 Å². The zero-order valence-electron chi connectivity index (χ0n) is 22.8. The second kappa shape index (κ2) is 11.5. The zero-order chi connectivity index (χ0) is 27.6. The Bertz CT molecular complexity index is 1510. The first kappa shape index (κ1) is 26.7. The summed E-state index contributed by atoms with van der Waals surface area (Å²) >= 11 is 6.15. The molecule has 1 aliphatic carbocycles. The fourth-order valence-corrected chi connectivity index (χ4v) is 6.26. The van der Waals surface area contributed by atoms with Crippen LogP contribution in [0.25, 0.3) is 16.7 Å². The van der Waals surface area contributed by atoms with Gasteiger partial charge in [0.25, 0.3) is 5.91 Å². The maximum atomic E-state index is 13.7. The molecule has 7 nitrogen and oxygen atoms in total. The van der Waals surface area contributed by atoms with E-state index in [0.717, 1.165) is 53.4 Å². The molecule has 0 unspecified atom stereocenters. The summed E-state index contributed by atoms with van der Waals surface area (Å²) in [6, 6.07) is 13.5. The number of carbonyl (C=O) groups excluding carboxylic acids is 1. The second-order valence-electron chi connectivity index (χ2n) is 11.0. The van der Waals surface area contributed by atoms with Crippen molar-refractivity contribution >= 4 is 34.4 Å². The molecule has 0 radical (unpaired) electrons. The fraction of sp³-hybridized carbons (Fsp3) is 0.419. The number of amides is 1. The summed E-state index contributed by atoms with van der Waals surface area (Å²) in [7, 11) is 0. The van der Waals surface area contributed by atoms with Crippen LogP contribution in [0.1, 0.15) is 60.4 Å².